The van der Waals surface area contributed by atoms with Crippen molar-refractivity contribution in [2.45, 2.75) is 25.4 Å². The summed E-state index contributed by atoms with van der Waals surface area (Å²) in [6, 6.07) is 9.68. The van der Waals surface area contributed by atoms with Gasteiger partial charge in [0.1, 0.15) is 11.6 Å². The predicted molar refractivity (Wildman–Crippen MR) is 122 cm³/mol. The van der Waals surface area contributed by atoms with E-state index in [0.717, 1.165) is 18.8 Å². The third-order valence-corrected chi connectivity index (χ3v) is 4.73. The molecule has 2 N–H and O–H groups in total. The summed E-state index contributed by atoms with van der Waals surface area (Å²) in [5, 5.41) is 6.92. The summed E-state index contributed by atoms with van der Waals surface area (Å²) in [6.07, 6.45) is -2.19. The number of benzene rings is 1. The third kappa shape index (κ3) is 6.79. The zero-order chi connectivity index (χ0) is 20.9. The molecule has 1 aliphatic rings. The third-order valence-electron chi connectivity index (χ3n) is 4.44. The van der Waals surface area contributed by atoms with Gasteiger partial charge in [0.15, 0.2) is 5.96 Å². The summed E-state index contributed by atoms with van der Waals surface area (Å²) >= 11 is 6.21. The maximum absolute atomic E-state index is 12.6. The molecule has 11 heteroatoms. The number of aliphatic imine (C=N–C) groups is 1. The number of nitrogens with zero attached hydrogens (tertiary/aromatic N) is 3. The molecular formula is C19H22ClF3IN5O. The molecule has 0 saturated carbocycles. The van der Waals surface area contributed by atoms with Gasteiger partial charge in [-0.2, -0.15) is 0 Å². The number of hydrogen-bond donors (Lipinski definition) is 2. The standard InChI is InChI=1S/C19H21ClF3N5O.HI/c1-24-18(26-11-13-5-2-3-7-16(13)29-19(21,22)23)27-14-8-10-28(12-14)17-15(20)6-4-9-25-17;/h2-7,9,14H,8,10-12H2,1H3,(H2,24,26,27);1H. The Balaban J connectivity index is 0.00000320. The fourth-order valence-electron chi connectivity index (χ4n) is 3.12. The fraction of sp³-hybridized carbons (Fsp3) is 0.368. The van der Waals surface area contributed by atoms with Crippen LogP contribution in [0.1, 0.15) is 12.0 Å². The number of pyridine rings is 1. The Morgan fingerprint density at radius 1 is 1.30 bits per heavy atom. The van der Waals surface area contributed by atoms with E-state index in [9.17, 15) is 13.2 Å². The second-order valence-corrected chi connectivity index (χ2v) is 6.87. The van der Waals surface area contributed by atoms with Gasteiger partial charge in [0.2, 0.25) is 0 Å². The Kier molecular flexibility index (Phi) is 8.83. The lowest BCUT2D eigenvalue weighted by Gasteiger charge is -2.20. The van der Waals surface area contributed by atoms with Gasteiger partial charge in [-0.3, -0.25) is 4.99 Å². The molecule has 6 nitrogen and oxygen atoms in total. The molecule has 0 amide bonds. The molecule has 0 bridgehead atoms. The summed E-state index contributed by atoms with van der Waals surface area (Å²) in [5.74, 6) is 0.991. The zero-order valence-electron chi connectivity index (χ0n) is 16.1. The van der Waals surface area contributed by atoms with Crippen molar-refractivity contribution < 1.29 is 17.9 Å². The summed E-state index contributed by atoms with van der Waals surface area (Å²) in [6.45, 7) is 1.60. The van der Waals surface area contributed by atoms with Crippen LogP contribution in [-0.2, 0) is 6.54 Å². The number of halogens is 5. The summed E-state index contributed by atoms with van der Waals surface area (Å²) in [5.41, 5.74) is 0.376. The Morgan fingerprint density at radius 3 is 2.77 bits per heavy atom. The van der Waals surface area contributed by atoms with Crippen LogP contribution < -0.4 is 20.3 Å². The van der Waals surface area contributed by atoms with Crippen molar-refractivity contribution in [3.8, 4) is 5.75 Å². The number of aromatic nitrogens is 1. The molecule has 0 spiro atoms. The molecule has 2 aromatic rings. The van der Waals surface area contributed by atoms with E-state index in [1.807, 2.05) is 0 Å². The van der Waals surface area contributed by atoms with Crippen LogP contribution in [0.5, 0.6) is 5.75 Å². The van der Waals surface area contributed by atoms with E-state index in [-0.39, 0.29) is 42.3 Å². The first-order chi connectivity index (χ1) is 13.9. The molecule has 1 atom stereocenters. The molecule has 1 aliphatic heterocycles. The van der Waals surface area contributed by atoms with Crippen LogP contribution in [0, 0.1) is 0 Å². The van der Waals surface area contributed by atoms with Crippen LogP contribution in [0.2, 0.25) is 5.02 Å². The van der Waals surface area contributed by atoms with Crippen molar-refractivity contribution in [3.05, 3.63) is 53.2 Å². The van der Waals surface area contributed by atoms with E-state index in [0.29, 0.717) is 23.1 Å². The predicted octanol–water partition coefficient (Wildman–Crippen LogP) is 4.20. The molecule has 164 valence electrons. The monoisotopic (exact) mass is 555 g/mol. The number of guanidine groups is 1. The van der Waals surface area contributed by atoms with Gasteiger partial charge in [0.05, 0.1) is 5.02 Å². The number of hydrogen-bond acceptors (Lipinski definition) is 4. The van der Waals surface area contributed by atoms with Gasteiger partial charge in [-0.05, 0) is 24.6 Å². The Bertz CT molecular complexity index is 868. The minimum absolute atomic E-state index is 0. The second kappa shape index (κ2) is 10.9. The minimum Gasteiger partial charge on any atom is -0.405 e. The van der Waals surface area contributed by atoms with Gasteiger partial charge in [-0.15, -0.1) is 37.1 Å². The first kappa shape index (κ1) is 24.3. The smallest absolute Gasteiger partial charge is 0.405 e. The van der Waals surface area contributed by atoms with E-state index in [2.05, 4.69) is 30.2 Å². The highest BCUT2D eigenvalue weighted by molar-refractivity contribution is 14.0. The summed E-state index contributed by atoms with van der Waals surface area (Å²) in [4.78, 5) is 10.6. The molecule has 3 rings (SSSR count). The molecular weight excluding hydrogens is 534 g/mol. The molecule has 1 saturated heterocycles. The van der Waals surface area contributed by atoms with Crippen molar-refractivity contribution >= 4 is 47.4 Å². The van der Waals surface area contributed by atoms with Crippen LogP contribution in [-0.4, -0.2) is 43.5 Å². The van der Waals surface area contributed by atoms with Crippen LogP contribution in [0.4, 0.5) is 19.0 Å². The minimum atomic E-state index is -4.74. The largest absolute Gasteiger partial charge is 0.573 e. The molecule has 30 heavy (non-hydrogen) atoms. The van der Waals surface area contributed by atoms with E-state index >= 15 is 0 Å². The Morgan fingerprint density at radius 2 is 2.07 bits per heavy atom. The van der Waals surface area contributed by atoms with Crippen LogP contribution in [0.15, 0.2) is 47.6 Å². The normalized spacial score (nSPS) is 16.8. The molecule has 2 heterocycles. The summed E-state index contributed by atoms with van der Waals surface area (Å²) in [7, 11) is 1.61. The highest BCUT2D eigenvalue weighted by Gasteiger charge is 2.32. The van der Waals surface area contributed by atoms with Gasteiger partial charge >= 0.3 is 6.36 Å². The highest BCUT2D eigenvalue weighted by Crippen LogP contribution is 2.27. The SMILES string of the molecule is CN=C(NCc1ccccc1OC(F)(F)F)NC1CCN(c2ncccc2Cl)C1.I. The number of ether oxygens (including phenoxy) is 1. The summed E-state index contributed by atoms with van der Waals surface area (Å²) < 4.78 is 41.8. The van der Waals surface area contributed by atoms with E-state index in [4.69, 9.17) is 11.6 Å². The van der Waals surface area contributed by atoms with Crippen LogP contribution in [0.25, 0.3) is 0 Å². The lowest BCUT2D eigenvalue weighted by Crippen LogP contribution is -2.44. The fourth-order valence-corrected chi connectivity index (χ4v) is 3.36. The number of para-hydroxylation sites is 1. The second-order valence-electron chi connectivity index (χ2n) is 6.47. The first-order valence-corrected chi connectivity index (χ1v) is 9.40. The van der Waals surface area contributed by atoms with Crippen molar-refractivity contribution in [2.75, 3.05) is 25.0 Å². The van der Waals surface area contributed by atoms with Gasteiger partial charge in [-0.1, -0.05) is 29.8 Å². The lowest BCUT2D eigenvalue weighted by molar-refractivity contribution is -0.274. The Hall–Kier alpha value is -1.95. The highest BCUT2D eigenvalue weighted by atomic mass is 127. The molecule has 1 fully saturated rings. The number of nitrogens with one attached hydrogen (secondary N) is 2. The maximum atomic E-state index is 12.6. The van der Waals surface area contributed by atoms with E-state index < -0.39 is 6.36 Å². The van der Waals surface area contributed by atoms with Gasteiger partial charge in [0.25, 0.3) is 0 Å². The molecule has 0 radical (unpaired) electrons. The first-order valence-electron chi connectivity index (χ1n) is 9.02. The van der Waals surface area contributed by atoms with Crippen LogP contribution in [0.3, 0.4) is 0 Å². The van der Waals surface area contributed by atoms with Crippen molar-refractivity contribution in [3.63, 3.8) is 0 Å². The van der Waals surface area contributed by atoms with E-state index in [1.165, 1.54) is 12.1 Å². The molecule has 0 aliphatic carbocycles. The molecule has 1 unspecified atom stereocenters. The van der Waals surface area contributed by atoms with Gasteiger partial charge in [0, 0.05) is 44.5 Å². The molecule has 1 aromatic carbocycles. The molecule has 1 aromatic heterocycles. The lowest BCUT2D eigenvalue weighted by atomic mass is 10.2. The number of anilines is 1. The zero-order valence-corrected chi connectivity index (χ0v) is 19.2. The Labute approximate surface area is 194 Å². The average molecular weight is 556 g/mol. The number of alkyl halides is 3. The van der Waals surface area contributed by atoms with Crippen molar-refractivity contribution in [2.24, 2.45) is 4.99 Å². The average Bonchev–Trinajstić information content (AvgIpc) is 3.13. The topological polar surface area (TPSA) is 61.8 Å². The number of rotatable bonds is 5. The van der Waals surface area contributed by atoms with E-state index in [1.54, 1.807) is 37.5 Å². The maximum Gasteiger partial charge on any atom is 0.573 e. The van der Waals surface area contributed by atoms with Crippen molar-refractivity contribution in [1.82, 2.24) is 15.6 Å². The quantitative estimate of drug-likeness (QED) is 0.329. The van der Waals surface area contributed by atoms with Gasteiger partial charge in [-0.25, -0.2) is 4.98 Å². The van der Waals surface area contributed by atoms with Gasteiger partial charge < -0.3 is 20.3 Å². The van der Waals surface area contributed by atoms with Crippen molar-refractivity contribution in [1.29, 1.82) is 0 Å². The van der Waals surface area contributed by atoms with Crippen LogP contribution >= 0.6 is 35.6 Å².